The third-order valence-corrected chi connectivity index (χ3v) is 3.47. The summed E-state index contributed by atoms with van der Waals surface area (Å²) in [6.07, 6.45) is 1.46. The van der Waals surface area contributed by atoms with Crippen LogP contribution in [-0.4, -0.2) is 36.9 Å². The van der Waals surface area contributed by atoms with Crippen LogP contribution in [0.1, 0.15) is 18.4 Å². The summed E-state index contributed by atoms with van der Waals surface area (Å²) in [7, 11) is 1.65. The standard InChI is InChI=1S/C15H17N3O2/c1-17(10-4-9-16)15(20)11-18-13-6-3-2-5-12(13)7-8-14(18)19/h2-3,5-6H,4,7-8,10-11H2,1H3. The number of amides is 2. The lowest BCUT2D eigenvalue weighted by Gasteiger charge is -2.30. The number of hydrogen-bond acceptors (Lipinski definition) is 3. The Kier molecular flexibility index (Phi) is 4.36. The average molecular weight is 271 g/mol. The summed E-state index contributed by atoms with van der Waals surface area (Å²) >= 11 is 0. The lowest BCUT2D eigenvalue weighted by molar-refractivity contribution is -0.130. The van der Waals surface area contributed by atoms with E-state index in [0.717, 1.165) is 17.7 Å². The van der Waals surface area contributed by atoms with Gasteiger partial charge in [0.1, 0.15) is 6.54 Å². The van der Waals surface area contributed by atoms with Crippen LogP contribution in [0.5, 0.6) is 0 Å². The largest absolute Gasteiger partial charge is 0.343 e. The number of carbonyl (C=O) groups excluding carboxylic acids is 2. The molecule has 2 amide bonds. The Hall–Kier alpha value is -2.35. The molecular formula is C15H17N3O2. The summed E-state index contributed by atoms with van der Waals surface area (Å²) < 4.78 is 0. The zero-order chi connectivity index (χ0) is 14.5. The van der Waals surface area contributed by atoms with Crippen molar-refractivity contribution < 1.29 is 9.59 Å². The van der Waals surface area contributed by atoms with Gasteiger partial charge in [-0.25, -0.2) is 0 Å². The molecule has 0 unspecified atom stereocenters. The van der Waals surface area contributed by atoms with Gasteiger partial charge in [0.15, 0.2) is 0 Å². The van der Waals surface area contributed by atoms with Gasteiger partial charge >= 0.3 is 0 Å². The van der Waals surface area contributed by atoms with Crippen molar-refractivity contribution in [2.75, 3.05) is 25.0 Å². The molecule has 0 N–H and O–H groups in total. The molecule has 0 aliphatic carbocycles. The molecule has 1 aliphatic heterocycles. The number of rotatable bonds is 4. The fourth-order valence-electron chi connectivity index (χ4n) is 2.27. The van der Waals surface area contributed by atoms with Gasteiger partial charge in [-0.2, -0.15) is 5.26 Å². The van der Waals surface area contributed by atoms with E-state index in [2.05, 4.69) is 0 Å². The van der Waals surface area contributed by atoms with E-state index in [1.807, 2.05) is 30.3 Å². The van der Waals surface area contributed by atoms with E-state index in [9.17, 15) is 9.59 Å². The molecule has 0 aromatic heterocycles. The summed E-state index contributed by atoms with van der Waals surface area (Å²) in [6, 6.07) is 9.67. The van der Waals surface area contributed by atoms with Crippen LogP contribution in [0.3, 0.4) is 0 Å². The first-order valence-corrected chi connectivity index (χ1v) is 6.62. The smallest absolute Gasteiger partial charge is 0.242 e. The quantitative estimate of drug-likeness (QED) is 0.830. The lowest BCUT2D eigenvalue weighted by atomic mass is 10.0. The predicted octanol–water partition coefficient (Wildman–Crippen LogP) is 1.34. The van der Waals surface area contributed by atoms with E-state index in [1.54, 1.807) is 11.9 Å². The summed E-state index contributed by atoms with van der Waals surface area (Å²) in [5.74, 6) is -0.170. The molecule has 0 saturated heterocycles. The Labute approximate surface area is 118 Å². The first-order chi connectivity index (χ1) is 9.63. The number of fused-ring (bicyclic) bond motifs is 1. The molecule has 20 heavy (non-hydrogen) atoms. The molecule has 0 bridgehead atoms. The van der Waals surface area contributed by atoms with E-state index in [-0.39, 0.29) is 18.4 Å². The van der Waals surface area contributed by atoms with E-state index in [0.29, 0.717) is 19.4 Å². The van der Waals surface area contributed by atoms with Gasteiger partial charge in [-0.1, -0.05) is 18.2 Å². The van der Waals surface area contributed by atoms with Crippen molar-refractivity contribution in [2.45, 2.75) is 19.3 Å². The van der Waals surface area contributed by atoms with E-state index >= 15 is 0 Å². The number of nitriles is 1. The topological polar surface area (TPSA) is 64.4 Å². The number of benzene rings is 1. The summed E-state index contributed by atoms with van der Waals surface area (Å²) in [5, 5.41) is 8.54. The summed E-state index contributed by atoms with van der Waals surface area (Å²) in [6.45, 7) is 0.427. The maximum Gasteiger partial charge on any atom is 0.242 e. The fraction of sp³-hybridized carbons (Fsp3) is 0.400. The highest BCUT2D eigenvalue weighted by Gasteiger charge is 2.26. The molecule has 0 atom stereocenters. The van der Waals surface area contributed by atoms with Crippen molar-refractivity contribution in [3.8, 4) is 6.07 Å². The number of anilines is 1. The third-order valence-electron chi connectivity index (χ3n) is 3.47. The van der Waals surface area contributed by atoms with Crippen molar-refractivity contribution in [3.63, 3.8) is 0 Å². The molecule has 0 fully saturated rings. The molecule has 5 heteroatoms. The molecule has 0 saturated carbocycles. The molecular weight excluding hydrogens is 254 g/mol. The second-order valence-electron chi connectivity index (χ2n) is 4.83. The Morgan fingerprint density at radius 2 is 2.15 bits per heavy atom. The zero-order valence-electron chi connectivity index (χ0n) is 11.5. The molecule has 0 spiro atoms. The highest BCUT2D eigenvalue weighted by Crippen LogP contribution is 2.27. The Bertz CT molecular complexity index is 562. The number of carbonyl (C=O) groups is 2. The van der Waals surface area contributed by atoms with Crippen LogP contribution in [0.25, 0.3) is 0 Å². The van der Waals surface area contributed by atoms with Crippen LogP contribution < -0.4 is 4.90 Å². The second-order valence-corrected chi connectivity index (χ2v) is 4.83. The van der Waals surface area contributed by atoms with Crippen LogP contribution in [0.2, 0.25) is 0 Å². The van der Waals surface area contributed by atoms with Crippen molar-refractivity contribution in [2.24, 2.45) is 0 Å². The van der Waals surface area contributed by atoms with Crippen LogP contribution >= 0.6 is 0 Å². The van der Waals surface area contributed by atoms with Gasteiger partial charge in [-0.15, -0.1) is 0 Å². The van der Waals surface area contributed by atoms with Crippen molar-refractivity contribution in [1.29, 1.82) is 5.26 Å². The number of para-hydroxylation sites is 1. The Morgan fingerprint density at radius 3 is 2.90 bits per heavy atom. The van der Waals surface area contributed by atoms with Crippen LogP contribution in [-0.2, 0) is 16.0 Å². The van der Waals surface area contributed by atoms with Gasteiger partial charge in [-0.3, -0.25) is 9.59 Å². The zero-order valence-corrected chi connectivity index (χ0v) is 11.5. The molecule has 5 nitrogen and oxygen atoms in total. The summed E-state index contributed by atoms with van der Waals surface area (Å²) in [5.41, 5.74) is 1.92. The maximum absolute atomic E-state index is 12.1. The van der Waals surface area contributed by atoms with Crippen LogP contribution in [0.15, 0.2) is 24.3 Å². The number of nitrogens with zero attached hydrogens (tertiary/aromatic N) is 3. The van der Waals surface area contributed by atoms with Gasteiger partial charge in [0.2, 0.25) is 11.8 Å². The minimum absolute atomic E-state index is 0.0225. The second kappa shape index (κ2) is 6.20. The van der Waals surface area contributed by atoms with E-state index in [4.69, 9.17) is 5.26 Å². The van der Waals surface area contributed by atoms with E-state index < -0.39 is 0 Å². The molecule has 1 aromatic rings. The molecule has 1 aliphatic rings. The molecule has 2 rings (SSSR count). The fourth-order valence-corrected chi connectivity index (χ4v) is 2.27. The van der Waals surface area contributed by atoms with Gasteiger partial charge in [-0.05, 0) is 18.1 Å². The van der Waals surface area contributed by atoms with Crippen molar-refractivity contribution >= 4 is 17.5 Å². The molecule has 0 radical (unpaired) electrons. The van der Waals surface area contributed by atoms with Crippen LogP contribution in [0.4, 0.5) is 5.69 Å². The molecule has 1 heterocycles. The Balaban J connectivity index is 2.11. The van der Waals surface area contributed by atoms with Crippen molar-refractivity contribution in [1.82, 2.24) is 4.90 Å². The average Bonchev–Trinajstić information content (AvgIpc) is 2.47. The van der Waals surface area contributed by atoms with Gasteiger partial charge < -0.3 is 9.80 Å². The maximum atomic E-state index is 12.1. The Morgan fingerprint density at radius 1 is 1.40 bits per heavy atom. The minimum atomic E-state index is -0.148. The first-order valence-electron chi connectivity index (χ1n) is 6.62. The normalized spacial score (nSPS) is 13.6. The van der Waals surface area contributed by atoms with Gasteiger partial charge in [0.05, 0.1) is 12.5 Å². The predicted molar refractivity (Wildman–Crippen MR) is 75.0 cm³/mol. The van der Waals surface area contributed by atoms with Gasteiger partial charge in [0, 0.05) is 25.7 Å². The highest BCUT2D eigenvalue weighted by molar-refractivity contribution is 6.00. The van der Waals surface area contributed by atoms with E-state index in [1.165, 1.54) is 4.90 Å². The molecule has 104 valence electrons. The number of aryl methyl sites for hydroxylation is 1. The summed E-state index contributed by atoms with van der Waals surface area (Å²) in [4.78, 5) is 27.2. The first kappa shape index (κ1) is 14.1. The number of hydrogen-bond donors (Lipinski definition) is 0. The minimum Gasteiger partial charge on any atom is -0.343 e. The van der Waals surface area contributed by atoms with Gasteiger partial charge in [0.25, 0.3) is 0 Å². The lowest BCUT2D eigenvalue weighted by Crippen LogP contribution is -2.43. The number of likely N-dealkylation sites (N-methyl/N-ethyl adjacent to an activating group) is 1. The monoisotopic (exact) mass is 271 g/mol. The van der Waals surface area contributed by atoms with Crippen LogP contribution in [0, 0.1) is 11.3 Å². The SMILES string of the molecule is CN(CCC#N)C(=O)CN1C(=O)CCc2ccccc21. The third kappa shape index (κ3) is 2.97. The molecule has 1 aromatic carbocycles. The highest BCUT2D eigenvalue weighted by atomic mass is 16.2. The van der Waals surface area contributed by atoms with Crippen molar-refractivity contribution in [3.05, 3.63) is 29.8 Å².